The molecule has 1 saturated carbocycles. The van der Waals surface area contributed by atoms with E-state index < -0.39 is 34.3 Å². The summed E-state index contributed by atoms with van der Waals surface area (Å²) in [6.07, 6.45) is 4.95. The quantitative estimate of drug-likeness (QED) is 0.367. The average Bonchev–Trinajstić information content (AvgIpc) is 3.39. The molecule has 3 heterocycles. The summed E-state index contributed by atoms with van der Waals surface area (Å²) in [4.78, 5) is 37.0. The Balaban J connectivity index is 1.35. The smallest absolute Gasteiger partial charge is 0.341 e. The number of halogens is 1. The number of ether oxygens (including phenoxy) is 2. The SMILES string of the molecule is CCOC(=O)c1c(C2CC2)csc1NC(=O)COC(=O)/C=C/c1c(C)nn([C@H]2CCS(=O)(=O)C2)c1Cl. The fraction of sp³-hybridized carbons (Fsp3) is 0.478. The summed E-state index contributed by atoms with van der Waals surface area (Å²) in [5.41, 5.74) is 2.23. The molecule has 0 unspecified atom stereocenters. The second-order valence-corrected chi connectivity index (χ2v) is 12.1. The minimum Gasteiger partial charge on any atom is -0.462 e. The first kappa shape index (κ1) is 26.4. The van der Waals surface area contributed by atoms with Gasteiger partial charge in [-0.15, -0.1) is 11.3 Å². The van der Waals surface area contributed by atoms with Crippen LogP contribution in [0.25, 0.3) is 6.08 Å². The van der Waals surface area contributed by atoms with Crippen LogP contribution in [0.1, 0.15) is 65.3 Å². The second kappa shape index (κ2) is 10.7. The predicted octanol–water partition coefficient (Wildman–Crippen LogP) is 3.52. The van der Waals surface area contributed by atoms with Crippen molar-refractivity contribution in [2.24, 2.45) is 0 Å². The fourth-order valence-corrected chi connectivity index (χ4v) is 7.12. The zero-order valence-electron chi connectivity index (χ0n) is 19.8. The van der Waals surface area contributed by atoms with Crippen LogP contribution in [0.3, 0.4) is 0 Å². The van der Waals surface area contributed by atoms with Crippen molar-refractivity contribution in [3.8, 4) is 0 Å². The van der Waals surface area contributed by atoms with Gasteiger partial charge in [-0.25, -0.2) is 22.7 Å². The summed E-state index contributed by atoms with van der Waals surface area (Å²) in [5.74, 6) is -1.49. The van der Waals surface area contributed by atoms with E-state index in [0.717, 1.165) is 24.5 Å². The number of nitrogens with one attached hydrogen (secondary N) is 1. The highest BCUT2D eigenvalue weighted by Gasteiger charge is 2.33. The van der Waals surface area contributed by atoms with E-state index in [1.807, 2.05) is 5.38 Å². The molecule has 1 amide bonds. The molecule has 1 aliphatic heterocycles. The number of rotatable bonds is 9. The van der Waals surface area contributed by atoms with Crippen molar-refractivity contribution < 1.29 is 32.3 Å². The van der Waals surface area contributed by atoms with Crippen LogP contribution in [-0.2, 0) is 28.9 Å². The minimum atomic E-state index is -3.11. The van der Waals surface area contributed by atoms with E-state index in [-0.39, 0.29) is 29.3 Å². The molecule has 194 valence electrons. The second-order valence-electron chi connectivity index (χ2n) is 8.67. The molecule has 36 heavy (non-hydrogen) atoms. The van der Waals surface area contributed by atoms with Crippen molar-refractivity contribution in [3.05, 3.63) is 39.0 Å². The lowest BCUT2D eigenvalue weighted by Crippen LogP contribution is -2.21. The number of carbonyl (C=O) groups is 3. The fourth-order valence-electron chi connectivity index (χ4n) is 4.00. The van der Waals surface area contributed by atoms with Gasteiger partial charge in [-0.1, -0.05) is 11.6 Å². The minimum absolute atomic E-state index is 0.0293. The molecule has 0 spiro atoms. The van der Waals surface area contributed by atoms with Gasteiger partial charge in [0.15, 0.2) is 16.4 Å². The van der Waals surface area contributed by atoms with Crippen LogP contribution in [0, 0.1) is 6.92 Å². The van der Waals surface area contributed by atoms with Gasteiger partial charge < -0.3 is 14.8 Å². The molecule has 1 N–H and O–H groups in total. The number of aromatic nitrogens is 2. The Hall–Kier alpha value is -2.70. The molecule has 2 aromatic rings. The van der Waals surface area contributed by atoms with Gasteiger partial charge in [0.25, 0.3) is 5.91 Å². The zero-order chi connectivity index (χ0) is 26.0. The largest absolute Gasteiger partial charge is 0.462 e. The van der Waals surface area contributed by atoms with Crippen molar-refractivity contribution in [1.29, 1.82) is 0 Å². The number of amides is 1. The Morgan fingerprint density at radius 1 is 1.28 bits per heavy atom. The molecular formula is C23H26ClN3O7S2. The molecule has 4 rings (SSSR count). The van der Waals surface area contributed by atoms with Gasteiger partial charge in [-0.3, -0.25) is 4.79 Å². The molecule has 10 nitrogen and oxygen atoms in total. The van der Waals surface area contributed by atoms with Gasteiger partial charge in [0, 0.05) is 11.6 Å². The van der Waals surface area contributed by atoms with Gasteiger partial charge >= 0.3 is 11.9 Å². The molecule has 1 saturated heterocycles. The van der Waals surface area contributed by atoms with Crippen LogP contribution >= 0.6 is 22.9 Å². The summed E-state index contributed by atoms with van der Waals surface area (Å²) in [6.45, 7) is 3.08. The number of hydrogen-bond acceptors (Lipinski definition) is 9. The number of hydrogen-bond donors (Lipinski definition) is 1. The maximum absolute atomic E-state index is 12.4. The molecule has 0 bridgehead atoms. The molecule has 0 aromatic carbocycles. The first-order valence-corrected chi connectivity index (χ1v) is 14.6. The number of sulfone groups is 1. The average molecular weight is 556 g/mol. The van der Waals surface area contributed by atoms with Crippen molar-refractivity contribution in [3.63, 3.8) is 0 Å². The van der Waals surface area contributed by atoms with E-state index in [1.54, 1.807) is 13.8 Å². The van der Waals surface area contributed by atoms with Crippen LogP contribution in [0.4, 0.5) is 5.00 Å². The normalized spacial score (nSPS) is 18.9. The van der Waals surface area contributed by atoms with E-state index in [2.05, 4.69) is 10.4 Å². The summed E-state index contributed by atoms with van der Waals surface area (Å²) in [6, 6.07) is -0.351. The third kappa shape index (κ3) is 5.98. The first-order valence-electron chi connectivity index (χ1n) is 11.5. The molecule has 1 aliphatic carbocycles. The topological polar surface area (TPSA) is 134 Å². The lowest BCUT2D eigenvalue weighted by atomic mass is 10.1. The van der Waals surface area contributed by atoms with Gasteiger partial charge in [0.2, 0.25) is 0 Å². The van der Waals surface area contributed by atoms with Crippen LogP contribution in [0.15, 0.2) is 11.5 Å². The lowest BCUT2D eigenvalue weighted by Gasteiger charge is -2.09. The van der Waals surface area contributed by atoms with Crippen LogP contribution in [0.2, 0.25) is 5.15 Å². The Kier molecular flexibility index (Phi) is 7.86. The summed E-state index contributed by atoms with van der Waals surface area (Å²) in [5, 5.41) is 9.41. The van der Waals surface area contributed by atoms with E-state index >= 15 is 0 Å². The molecule has 2 aromatic heterocycles. The number of nitrogens with zero attached hydrogens (tertiary/aromatic N) is 2. The van der Waals surface area contributed by atoms with E-state index in [4.69, 9.17) is 21.1 Å². The third-order valence-corrected chi connectivity index (χ3v) is 8.97. The Bertz CT molecular complexity index is 1330. The van der Waals surface area contributed by atoms with Crippen LogP contribution < -0.4 is 5.32 Å². The van der Waals surface area contributed by atoms with Gasteiger partial charge in [-0.2, -0.15) is 5.10 Å². The Labute approximate surface area is 217 Å². The van der Waals surface area contributed by atoms with Crippen LogP contribution in [0.5, 0.6) is 0 Å². The highest BCUT2D eigenvalue weighted by molar-refractivity contribution is 7.91. The van der Waals surface area contributed by atoms with E-state index in [9.17, 15) is 22.8 Å². The van der Waals surface area contributed by atoms with Crippen molar-refractivity contribution in [1.82, 2.24) is 9.78 Å². The maximum Gasteiger partial charge on any atom is 0.341 e. The number of anilines is 1. The lowest BCUT2D eigenvalue weighted by molar-refractivity contribution is -0.142. The molecule has 2 aliphatic rings. The number of carbonyl (C=O) groups excluding carboxylic acids is 3. The van der Waals surface area contributed by atoms with Crippen molar-refractivity contribution in [2.75, 3.05) is 30.0 Å². The van der Waals surface area contributed by atoms with Gasteiger partial charge in [-0.05, 0) is 56.0 Å². The van der Waals surface area contributed by atoms with Crippen LogP contribution in [-0.4, -0.2) is 60.8 Å². The van der Waals surface area contributed by atoms with Gasteiger partial charge in [0.1, 0.15) is 10.2 Å². The molecule has 13 heteroatoms. The maximum atomic E-state index is 12.4. The molecule has 1 atom stereocenters. The van der Waals surface area contributed by atoms with E-state index in [0.29, 0.717) is 34.2 Å². The highest BCUT2D eigenvalue weighted by Crippen LogP contribution is 2.46. The number of thiophene rings is 1. The monoisotopic (exact) mass is 555 g/mol. The Morgan fingerprint density at radius 2 is 2.03 bits per heavy atom. The highest BCUT2D eigenvalue weighted by atomic mass is 35.5. The standard InChI is InChI=1S/C23H26ClN3O7S2/c1-3-33-23(30)20-17(14-4-5-14)11-35-22(20)25-18(28)10-34-19(29)7-6-16-13(2)26-27(21(16)24)15-8-9-36(31,32)12-15/h6-7,11,14-15H,3-5,8-10,12H2,1-2H3,(H,25,28)/b7-6+/t15-/m0/s1. The summed E-state index contributed by atoms with van der Waals surface area (Å²) in [7, 11) is -3.11. The van der Waals surface area contributed by atoms with Crippen molar-refractivity contribution in [2.45, 2.75) is 45.1 Å². The zero-order valence-corrected chi connectivity index (χ0v) is 22.2. The number of aryl methyl sites for hydroxylation is 1. The third-order valence-electron chi connectivity index (χ3n) is 5.93. The molecule has 0 radical (unpaired) electrons. The summed E-state index contributed by atoms with van der Waals surface area (Å²) >= 11 is 7.63. The van der Waals surface area contributed by atoms with Gasteiger partial charge in [0.05, 0.1) is 35.4 Å². The predicted molar refractivity (Wildman–Crippen MR) is 135 cm³/mol. The molecule has 2 fully saturated rings. The van der Waals surface area contributed by atoms with Crippen molar-refractivity contribution >= 4 is 61.7 Å². The first-order chi connectivity index (χ1) is 17.1. The number of esters is 2. The molecular weight excluding hydrogens is 530 g/mol. The summed E-state index contributed by atoms with van der Waals surface area (Å²) < 4.78 is 35.2. The van der Waals surface area contributed by atoms with E-state index in [1.165, 1.54) is 22.1 Å². The Morgan fingerprint density at radius 3 is 2.67 bits per heavy atom.